The lowest BCUT2D eigenvalue weighted by Gasteiger charge is -2.30. The van der Waals surface area contributed by atoms with Crippen LogP contribution in [0, 0.1) is 0 Å². The fourth-order valence-corrected chi connectivity index (χ4v) is 2.93. The number of benzene rings is 1. The minimum atomic E-state index is -0.297. The number of methoxy groups -OCH3 is 1. The molecule has 0 saturated carbocycles. The number of nitrogens with one attached hydrogen (secondary N) is 2. The second-order valence-corrected chi connectivity index (χ2v) is 5.37. The molecule has 1 fully saturated rings. The molecule has 0 bridgehead atoms. The predicted molar refractivity (Wildman–Crippen MR) is 79.1 cm³/mol. The van der Waals surface area contributed by atoms with Crippen LogP contribution in [0.5, 0.6) is 0 Å². The molecule has 0 radical (unpaired) electrons. The summed E-state index contributed by atoms with van der Waals surface area (Å²) in [6.07, 6.45) is 6.05. The van der Waals surface area contributed by atoms with Gasteiger partial charge in [-0.25, -0.2) is 4.79 Å². The second kappa shape index (κ2) is 6.10. The molecular weight excluding hydrogens is 266 g/mol. The van der Waals surface area contributed by atoms with Crippen molar-refractivity contribution in [2.24, 2.45) is 0 Å². The third kappa shape index (κ3) is 2.97. The summed E-state index contributed by atoms with van der Waals surface area (Å²) in [6, 6.07) is 7.96. The largest absolute Gasteiger partial charge is 0.465 e. The molecule has 5 heteroatoms. The van der Waals surface area contributed by atoms with Crippen molar-refractivity contribution in [2.75, 3.05) is 13.7 Å². The van der Waals surface area contributed by atoms with Crippen molar-refractivity contribution in [3.05, 3.63) is 53.3 Å². The van der Waals surface area contributed by atoms with E-state index >= 15 is 0 Å². The molecule has 0 aliphatic carbocycles. The van der Waals surface area contributed by atoms with Crippen LogP contribution < -0.4 is 5.32 Å². The lowest BCUT2D eigenvalue weighted by molar-refractivity contribution is 0.0600. The number of nitrogens with zero attached hydrogens (tertiary/aromatic N) is 1. The van der Waals surface area contributed by atoms with Gasteiger partial charge in [0.15, 0.2) is 0 Å². The van der Waals surface area contributed by atoms with E-state index in [4.69, 9.17) is 4.74 Å². The molecule has 2 N–H and O–H groups in total. The van der Waals surface area contributed by atoms with E-state index in [0.717, 1.165) is 19.4 Å². The number of rotatable bonds is 3. The highest BCUT2D eigenvalue weighted by molar-refractivity contribution is 5.89. The van der Waals surface area contributed by atoms with Gasteiger partial charge in [0.05, 0.1) is 18.9 Å². The first kappa shape index (κ1) is 13.8. The summed E-state index contributed by atoms with van der Waals surface area (Å²) in [5, 5.41) is 10.5. The molecule has 0 amide bonds. The van der Waals surface area contributed by atoms with Crippen LogP contribution >= 0.6 is 0 Å². The average Bonchev–Trinajstić information content (AvgIpc) is 3.09. The zero-order chi connectivity index (χ0) is 14.7. The van der Waals surface area contributed by atoms with Crippen molar-refractivity contribution < 1.29 is 9.53 Å². The molecule has 1 aromatic heterocycles. The monoisotopic (exact) mass is 285 g/mol. The van der Waals surface area contributed by atoms with Crippen LogP contribution in [-0.2, 0) is 4.74 Å². The van der Waals surface area contributed by atoms with Crippen molar-refractivity contribution in [1.82, 2.24) is 15.5 Å². The van der Waals surface area contributed by atoms with E-state index in [1.165, 1.54) is 18.2 Å². The van der Waals surface area contributed by atoms with Gasteiger partial charge < -0.3 is 10.1 Å². The Morgan fingerprint density at radius 1 is 1.29 bits per heavy atom. The minimum absolute atomic E-state index is 0.297. The van der Waals surface area contributed by atoms with Crippen LogP contribution in [0.3, 0.4) is 0 Å². The topological polar surface area (TPSA) is 67.0 Å². The molecule has 2 heterocycles. The Hall–Kier alpha value is -2.14. The standard InChI is InChI=1S/C16H19N3O2/c1-21-16(20)12-4-2-11(3-5-12)15-8-13(6-7-17-15)14-9-18-19-10-14/h2-5,9-10,13,15,17H,6-8H2,1H3,(H,18,19)/t13?,15-/m0/s1. The third-order valence-corrected chi connectivity index (χ3v) is 4.13. The molecule has 1 aliphatic rings. The maximum atomic E-state index is 11.5. The Kier molecular flexibility index (Phi) is 4.01. The van der Waals surface area contributed by atoms with Gasteiger partial charge in [-0.3, -0.25) is 5.10 Å². The first-order valence-corrected chi connectivity index (χ1v) is 7.18. The number of esters is 1. The highest BCUT2D eigenvalue weighted by atomic mass is 16.5. The normalized spacial score (nSPS) is 22.0. The van der Waals surface area contributed by atoms with Gasteiger partial charge in [0.1, 0.15) is 0 Å². The first-order chi connectivity index (χ1) is 10.3. The van der Waals surface area contributed by atoms with Gasteiger partial charge in [0.2, 0.25) is 0 Å². The fraction of sp³-hybridized carbons (Fsp3) is 0.375. The summed E-state index contributed by atoms with van der Waals surface area (Å²) in [5.41, 5.74) is 3.06. The molecule has 0 spiro atoms. The molecule has 21 heavy (non-hydrogen) atoms. The maximum absolute atomic E-state index is 11.5. The number of aromatic nitrogens is 2. The van der Waals surface area contributed by atoms with Gasteiger partial charge in [-0.05, 0) is 48.6 Å². The molecule has 5 nitrogen and oxygen atoms in total. The average molecular weight is 285 g/mol. The number of hydrogen-bond donors (Lipinski definition) is 2. The van der Waals surface area contributed by atoms with Gasteiger partial charge >= 0.3 is 5.97 Å². The smallest absolute Gasteiger partial charge is 0.337 e. The molecule has 1 unspecified atom stereocenters. The van der Waals surface area contributed by atoms with Crippen LogP contribution in [-0.4, -0.2) is 29.8 Å². The van der Waals surface area contributed by atoms with E-state index in [1.807, 2.05) is 36.7 Å². The van der Waals surface area contributed by atoms with Crippen LogP contribution in [0.25, 0.3) is 0 Å². The number of piperidine rings is 1. The van der Waals surface area contributed by atoms with Crippen molar-refractivity contribution in [3.8, 4) is 0 Å². The van der Waals surface area contributed by atoms with Gasteiger partial charge in [-0.2, -0.15) is 5.10 Å². The number of carbonyl (C=O) groups excluding carboxylic acids is 1. The van der Waals surface area contributed by atoms with E-state index in [0.29, 0.717) is 17.5 Å². The van der Waals surface area contributed by atoms with E-state index in [2.05, 4.69) is 15.5 Å². The quantitative estimate of drug-likeness (QED) is 0.850. The van der Waals surface area contributed by atoms with Crippen molar-refractivity contribution in [1.29, 1.82) is 0 Å². The Morgan fingerprint density at radius 2 is 2.10 bits per heavy atom. The van der Waals surface area contributed by atoms with Crippen LogP contribution in [0.15, 0.2) is 36.7 Å². The predicted octanol–water partition coefficient (Wildman–Crippen LogP) is 2.40. The lowest BCUT2D eigenvalue weighted by Crippen LogP contribution is -2.30. The summed E-state index contributed by atoms with van der Waals surface area (Å²) >= 11 is 0. The van der Waals surface area contributed by atoms with E-state index < -0.39 is 0 Å². The Bertz CT molecular complexity index is 592. The van der Waals surface area contributed by atoms with E-state index in [-0.39, 0.29) is 5.97 Å². The minimum Gasteiger partial charge on any atom is -0.465 e. The summed E-state index contributed by atoms with van der Waals surface area (Å²) < 4.78 is 4.72. The van der Waals surface area contributed by atoms with Crippen LogP contribution in [0.4, 0.5) is 0 Å². The number of carbonyl (C=O) groups is 1. The van der Waals surface area contributed by atoms with Crippen molar-refractivity contribution in [3.63, 3.8) is 0 Å². The number of hydrogen-bond acceptors (Lipinski definition) is 4. The summed E-state index contributed by atoms with van der Waals surface area (Å²) in [5.74, 6) is 0.227. The van der Waals surface area contributed by atoms with Crippen molar-refractivity contribution in [2.45, 2.75) is 24.8 Å². The number of aromatic amines is 1. The third-order valence-electron chi connectivity index (χ3n) is 4.13. The molecular formula is C16H19N3O2. The number of ether oxygens (including phenoxy) is 1. The Morgan fingerprint density at radius 3 is 2.76 bits per heavy atom. The fourth-order valence-electron chi connectivity index (χ4n) is 2.93. The van der Waals surface area contributed by atoms with Crippen LogP contribution in [0.1, 0.15) is 46.3 Å². The second-order valence-electron chi connectivity index (χ2n) is 5.37. The van der Waals surface area contributed by atoms with E-state index in [1.54, 1.807) is 0 Å². The molecule has 3 rings (SSSR count). The summed E-state index contributed by atoms with van der Waals surface area (Å²) in [7, 11) is 1.40. The van der Waals surface area contributed by atoms with Crippen molar-refractivity contribution >= 4 is 5.97 Å². The first-order valence-electron chi connectivity index (χ1n) is 7.18. The van der Waals surface area contributed by atoms with Gasteiger partial charge in [0, 0.05) is 12.2 Å². The molecule has 110 valence electrons. The van der Waals surface area contributed by atoms with E-state index in [9.17, 15) is 4.79 Å². The Balaban J connectivity index is 1.73. The summed E-state index contributed by atoms with van der Waals surface area (Å²) in [6.45, 7) is 0.985. The van der Waals surface area contributed by atoms with Gasteiger partial charge in [0.25, 0.3) is 0 Å². The maximum Gasteiger partial charge on any atom is 0.337 e. The summed E-state index contributed by atoms with van der Waals surface area (Å²) in [4.78, 5) is 11.5. The highest BCUT2D eigenvalue weighted by Gasteiger charge is 2.24. The molecule has 1 aliphatic heterocycles. The molecule has 2 aromatic rings. The highest BCUT2D eigenvalue weighted by Crippen LogP contribution is 2.33. The molecule has 2 atom stereocenters. The zero-order valence-corrected chi connectivity index (χ0v) is 12.0. The van der Waals surface area contributed by atoms with Gasteiger partial charge in [-0.1, -0.05) is 12.1 Å². The zero-order valence-electron chi connectivity index (χ0n) is 12.0. The SMILES string of the molecule is COC(=O)c1ccc([C@@H]2CC(c3cn[nH]c3)CCN2)cc1. The molecule has 1 saturated heterocycles. The molecule has 1 aromatic carbocycles. The van der Waals surface area contributed by atoms with Gasteiger partial charge in [-0.15, -0.1) is 0 Å². The lowest BCUT2D eigenvalue weighted by atomic mass is 9.85. The van der Waals surface area contributed by atoms with Crippen LogP contribution in [0.2, 0.25) is 0 Å². The number of H-pyrrole nitrogens is 1. The Labute approximate surface area is 123 Å².